The molecule has 1 aliphatic heterocycles. The number of amides is 2. The molecule has 1 unspecified atom stereocenters. The summed E-state index contributed by atoms with van der Waals surface area (Å²) in [6.45, 7) is 1.45. The topological polar surface area (TPSA) is 84.3 Å². The Kier molecular flexibility index (Phi) is 5.56. The van der Waals surface area contributed by atoms with Crippen molar-refractivity contribution in [3.05, 3.63) is 87.0 Å². The van der Waals surface area contributed by atoms with Gasteiger partial charge in [-0.2, -0.15) is 5.10 Å². The number of fused-ring (bicyclic) bond motifs is 1. The van der Waals surface area contributed by atoms with Crippen molar-refractivity contribution in [3.8, 4) is 0 Å². The van der Waals surface area contributed by atoms with Gasteiger partial charge in [-0.05, 0) is 49.2 Å². The number of anilines is 2. The summed E-state index contributed by atoms with van der Waals surface area (Å²) in [6, 6.07) is 13.9. The number of rotatable bonds is 4. The highest BCUT2D eigenvalue weighted by atomic mass is 35.5. The average Bonchev–Trinajstić information content (AvgIpc) is 3.07. The summed E-state index contributed by atoms with van der Waals surface area (Å²) in [5.74, 6) is -1.73. The van der Waals surface area contributed by atoms with Gasteiger partial charge in [-0.3, -0.25) is 14.4 Å². The van der Waals surface area contributed by atoms with Crippen LogP contribution < -0.4 is 15.8 Å². The van der Waals surface area contributed by atoms with E-state index in [2.05, 4.69) is 10.4 Å². The fourth-order valence-corrected chi connectivity index (χ4v) is 3.75. The van der Waals surface area contributed by atoms with Crippen LogP contribution in [0.2, 0.25) is 5.02 Å². The lowest BCUT2D eigenvalue weighted by molar-refractivity contribution is -0.117. The van der Waals surface area contributed by atoms with Crippen LogP contribution in [0.5, 0.6) is 0 Å². The molecule has 0 saturated heterocycles. The van der Waals surface area contributed by atoms with E-state index in [1.54, 1.807) is 4.90 Å². The minimum absolute atomic E-state index is 0.0358. The molecular weight excluding hydrogens is 423 g/mol. The van der Waals surface area contributed by atoms with Gasteiger partial charge in [0.1, 0.15) is 18.1 Å². The Bertz CT molecular complexity index is 1240. The van der Waals surface area contributed by atoms with E-state index in [0.29, 0.717) is 0 Å². The first-order chi connectivity index (χ1) is 14.8. The largest absolute Gasteiger partial charge is 0.322 e. The molecule has 0 radical (unpaired) electrons. The highest BCUT2D eigenvalue weighted by Crippen LogP contribution is 2.32. The quantitative estimate of drug-likeness (QED) is 0.674. The van der Waals surface area contributed by atoms with Crippen LogP contribution in [0.4, 0.5) is 15.8 Å². The normalized spacial score (nSPS) is 14.9. The third-order valence-electron chi connectivity index (χ3n) is 5.01. The zero-order valence-corrected chi connectivity index (χ0v) is 17.3. The zero-order valence-electron chi connectivity index (χ0n) is 16.5. The monoisotopic (exact) mass is 440 g/mol. The fraction of sp³-hybridized carbons (Fsp3) is 0.182. The van der Waals surface area contributed by atoms with Gasteiger partial charge in [-0.25, -0.2) is 9.07 Å². The molecule has 1 atom stereocenters. The molecule has 2 heterocycles. The molecule has 0 aliphatic carbocycles. The van der Waals surface area contributed by atoms with Gasteiger partial charge in [0, 0.05) is 22.8 Å². The Morgan fingerprint density at radius 3 is 2.74 bits per heavy atom. The van der Waals surface area contributed by atoms with Crippen LogP contribution >= 0.6 is 11.6 Å². The van der Waals surface area contributed by atoms with E-state index < -0.39 is 23.8 Å². The van der Waals surface area contributed by atoms with Crippen LogP contribution in [-0.4, -0.2) is 27.6 Å². The molecule has 7 nitrogen and oxygen atoms in total. The molecule has 2 aromatic carbocycles. The maximum absolute atomic E-state index is 13.9. The second-order valence-corrected chi connectivity index (χ2v) is 7.68. The molecule has 0 saturated carbocycles. The van der Waals surface area contributed by atoms with Crippen LogP contribution in [0.3, 0.4) is 0 Å². The highest BCUT2D eigenvalue weighted by molar-refractivity contribution is 6.30. The minimum atomic E-state index is -0.702. The average molecular weight is 441 g/mol. The fourth-order valence-electron chi connectivity index (χ4n) is 3.59. The molecule has 1 N–H and O–H groups in total. The van der Waals surface area contributed by atoms with Gasteiger partial charge in [-0.1, -0.05) is 29.8 Å². The van der Waals surface area contributed by atoms with Crippen molar-refractivity contribution in [2.45, 2.75) is 25.9 Å². The Morgan fingerprint density at radius 1 is 1.19 bits per heavy atom. The van der Waals surface area contributed by atoms with Crippen LogP contribution in [0.1, 0.15) is 23.0 Å². The van der Waals surface area contributed by atoms with E-state index in [1.807, 2.05) is 31.2 Å². The predicted octanol–water partition coefficient (Wildman–Crippen LogP) is 3.27. The van der Waals surface area contributed by atoms with Crippen LogP contribution in [0, 0.1) is 5.82 Å². The van der Waals surface area contributed by atoms with Crippen molar-refractivity contribution in [2.75, 3.05) is 10.2 Å². The van der Waals surface area contributed by atoms with Gasteiger partial charge in [-0.15, -0.1) is 0 Å². The summed E-state index contributed by atoms with van der Waals surface area (Å²) in [6.07, 6.45) is 0.719. The first-order valence-corrected chi connectivity index (χ1v) is 9.96. The Labute approximate surface area is 182 Å². The molecule has 31 heavy (non-hydrogen) atoms. The number of aromatic nitrogens is 2. The van der Waals surface area contributed by atoms with E-state index >= 15 is 0 Å². The molecule has 9 heteroatoms. The van der Waals surface area contributed by atoms with E-state index in [4.69, 9.17) is 11.6 Å². The Hall–Kier alpha value is -3.52. The molecule has 158 valence electrons. The van der Waals surface area contributed by atoms with Crippen molar-refractivity contribution >= 4 is 34.8 Å². The second kappa shape index (κ2) is 8.31. The number of carbonyl (C=O) groups excluding carboxylic acids is 2. The van der Waals surface area contributed by atoms with Crippen molar-refractivity contribution < 1.29 is 14.0 Å². The number of benzene rings is 2. The van der Waals surface area contributed by atoms with Gasteiger partial charge in [0.2, 0.25) is 5.91 Å². The van der Waals surface area contributed by atoms with Crippen molar-refractivity contribution in [3.63, 3.8) is 0 Å². The van der Waals surface area contributed by atoms with Gasteiger partial charge < -0.3 is 10.2 Å². The van der Waals surface area contributed by atoms with Gasteiger partial charge in [0.25, 0.3) is 11.5 Å². The highest BCUT2D eigenvalue weighted by Gasteiger charge is 2.32. The number of hydrogen-bond donors (Lipinski definition) is 1. The molecule has 0 fully saturated rings. The lowest BCUT2D eigenvalue weighted by Gasteiger charge is -2.22. The molecule has 1 aromatic heterocycles. The first kappa shape index (κ1) is 20.7. The molecule has 2 amide bonds. The van der Waals surface area contributed by atoms with Gasteiger partial charge in [0.05, 0.1) is 5.69 Å². The summed E-state index contributed by atoms with van der Waals surface area (Å²) >= 11 is 5.70. The number of hydrogen-bond acceptors (Lipinski definition) is 4. The third kappa shape index (κ3) is 4.20. The number of nitrogens with one attached hydrogen (secondary N) is 1. The zero-order chi connectivity index (χ0) is 22.1. The molecule has 0 spiro atoms. The van der Waals surface area contributed by atoms with E-state index in [0.717, 1.165) is 28.4 Å². The van der Waals surface area contributed by atoms with Crippen LogP contribution in [0.15, 0.2) is 59.4 Å². The summed E-state index contributed by atoms with van der Waals surface area (Å²) in [5, 5.41) is 6.64. The van der Waals surface area contributed by atoms with E-state index in [1.165, 1.54) is 24.3 Å². The van der Waals surface area contributed by atoms with Crippen molar-refractivity contribution in [2.24, 2.45) is 0 Å². The number of carbonyl (C=O) groups is 2. The minimum Gasteiger partial charge on any atom is -0.322 e. The van der Waals surface area contributed by atoms with Gasteiger partial charge in [0.15, 0.2) is 0 Å². The lowest BCUT2D eigenvalue weighted by atomic mass is 10.1. The van der Waals surface area contributed by atoms with Crippen LogP contribution in [-0.2, 0) is 17.8 Å². The summed E-state index contributed by atoms with van der Waals surface area (Å²) in [7, 11) is 0. The van der Waals surface area contributed by atoms with E-state index in [9.17, 15) is 18.8 Å². The summed E-state index contributed by atoms with van der Waals surface area (Å²) in [4.78, 5) is 39.3. The molecule has 3 aromatic rings. The summed E-state index contributed by atoms with van der Waals surface area (Å²) < 4.78 is 14.8. The standard InChI is InChI=1S/C22H18ClFN4O3/c1-13-10-14-4-2-3-5-19(14)28(13)22(31)18-8-9-21(30)27(26-18)12-20(29)25-17-7-6-15(23)11-16(17)24/h2-9,11,13H,10,12H2,1H3,(H,25,29). The van der Waals surface area contributed by atoms with Crippen molar-refractivity contribution in [1.82, 2.24) is 9.78 Å². The number of halogens is 2. The van der Waals surface area contributed by atoms with Crippen molar-refractivity contribution in [1.29, 1.82) is 0 Å². The van der Waals surface area contributed by atoms with Crippen LogP contribution in [0.25, 0.3) is 0 Å². The molecular formula is C22H18ClFN4O3. The smallest absolute Gasteiger partial charge is 0.278 e. The SMILES string of the molecule is CC1Cc2ccccc2N1C(=O)c1ccc(=O)n(CC(=O)Nc2ccc(Cl)cc2F)n1. The number of para-hydroxylation sites is 1. The Morgan fingerprint density at radius 2 is 1.97 bits per heavy atom. The lowest BCUT2D eigenvalue weighted by Crippen LogP contribution is -2.38. The third-order valence-corrected chi connectivity index (χ3v) is 5.25. The van der Waals surface area contributed by atoms with Gasteiger partial charge >= 0.3 is 0 Å². The second-order valence-electron chi connectivity index (χ2n) is 7.24. The maximum Gasteiger partial charge on any atom is 0.278 e. The number of nitrogens with zero attached hydrogens (tertiary/aromatic N) is 3. The molecule has 4 rings (SSSR count). The predicted molar refractivity (Wildman–Crippen MR) is 115 cm³/mol. The Balaban J connectivity index is 1.55. The first-order valence-electron chi connectivity index (χ1n) is 9.58. The molecule has 0 bridgehead atoms. The maximum atomic E-state index is 13.9. The summed E-state index contributed by atoms with van der Waals surface area (Å²) in [5.41, 5.74) is 1.26. The van der Waals surface area contributed by atoms with E-state index in [-0.39, 0.29) is 28.4 Å². The molecule has 1 aliphatic rings.